The molecule has 6 nitrogen and oxygen atoms in total. The highest BCUT2D eigenvalue weighted by Gasteiger charge is 2.18. The smallest absolute Gasteiger partial charge is 0.345 e. The van der Waals surface area contributed by atoms with Crippen LogP contribution in [-0.2, 0) is 14.3 Å². The van der Waals surface area contributed by atoms with Crippen LogP contribution < -0.4 is 9.47 Å². The number of esters is 1. The monoisotopic (exact) mass is 280 g/mol. The van der Waals surface area contributed by atoms with E-state index in [2.05, 4.69) is 0 Å². The van der Waals surface area contributed by atoms with Crippen molar-refractivity contribution in [2.75, 3.05) is 20.8 Å². The van der Waals surface area contributed by atoms with E-state index in [1.165, 1.54) is 20.3 Å². The summed E-state index contributed by atoms with van der Waals surface area (Å²) in [5.41, 5.74) is 0.0483. The number of methoxy groups -OCH3 is 2. The molecule has 1 N–H and O–H groups in total. The fourth-order valence-corrected chi connectivity index (χ4v) is 1.53. The molecule has 20 heavy (non-hydrogen) atoms. The second kappa shape index (κ2) is 7.18. The van der Waals surface area contributed by atoms with Crippen LogP contribution >= 0.6 is 0 Å². The van der Waals surface area contributed by atoms with Gasteiger partial charge in [0, 0.05) is 0 Å². The molecule has 6 heteroatoms. The number of carbonyl (C=O) groups is 2. The van der Waals surface area contributed by atoms with Gasteiger partial charge in [0.05, 0.1) is 20.8 Å². The van der Waals surface area contributed by atoms with Gasteiger partial charge in [-0.05, 0) is 30.7 Å². The molecule has 0 aliphatic heterocycles. The van der Waals surface area contributed by atoms with E-state index in [4.69, 9.17) is 19.3 Å². The standard InChI is InChI=1S/C14H16O6/c1-4-20-14(17)10(13(15)16)7-9-5-6-11(18-2)12(8-9)19-3/h5-8H,4H2,1-3H3,(H,15,16)/b10-7-. The Bertz CT molecular complexity index is 532. The topological polar surface area (TPSA) is 82.1 Å². The lowest BCUT2D eigenvalue weighted by Gasteiger charge is -2.08. The lowest BCUT2D eigenvalue weighted by Crippen LogP contribution is -2.15. The van der Waals surface area contributed by atoms with Gasteiger partial charge in [0.25, 0.3) is 0 Å². The summed E-state index contributed by atoms with van der Waals surface area (Å²) in [7, 11) is 2.96. The quantitative estimate of drug-likeness (QED) is 0.370. The highest BCUT2D eigenvalue weighted by molar-refractivity contribution is 6.17. The fraction of sp³-hybridized carbons (Fsp3) is 0.286. The Labute approximate surface area is 116 Å². The van der Waals surface area contributed by atoms with Crippen LogP contribution in [0.2, 0.25) is 0 Å². The Hall–Kier alpha value is -2.50. The maximum absolute atomic E-state index is 11.5. The first kappa shape index (κ1) is 15.6. The number of benzene rings is 1. The molecule has 0 heterocycles. The van der Waals surface area contributed by atoms with Gasteiger partial charge in [-0.25, -0.2) is 9.59 Å². The number of carbonyl (C=O) groups excluding carboxylic acids is 1. The van der Waals surface area contributed by atoms with Crippen molar-refractivity contribution in [3.05, 3.63) is 29.3 Å². The third-order valence-electron chi connectivity index (χ3n) is 2.44. The zero-order valence-corrected chi connectivity index (χ0v) is 11.5. The van der Waals surface area contributed by atoms with E-state index < -0.39 is 17.5 Å². The molecule has 0 amide bonds. The lowest BCUT2D eigenvalue weighted by molar-refractivity contribution is -0.143. The summed E-state index contributed by atoms with van der Waals surface area (Å²) in [5, 5.41) is 9.03. The first-order chi connectivity index (χ1) is 9.53. The van der Waals surface area contributed by atoms with E-state index in [1.54, 1.807) is 25.1 Å². The first-order valence-electron chi connectivity index (χ1n) is 5.87. The van der Waals surface area contributed by atoms with Crippen molar-refractivity contribution in [1.82, 2.24) is 0 Å². The maximum Gasteiger partial charge on any atom is 0.345 e. The van der Waals surface area contributed by atoms with Crippen LogP contribution in [0.3, 0.4) is 0 Å². The number of hydrogen-bond acceptors (Lipinski definition) is 5. The third-order valence-corrected chi connectivity index (χ3v) is 2.44. The van der Waals surface area contributed by atoms with E-state index in [-0.39, 0.29) is 6.61 Å². The van der Waals surface area contributed by atoms with E-state index >= 15 is 0 Å². The fourth-order valence-electron chi connectivity index (χ4n) is 1.53. The molecule has 0 bridgehead atoms. The normalized spacial score (nSPS) is 10.8. The molecule has 0 aromatic heterocycles. The third kappa shape index (κ3) is 3.74. The van der Waals surface area contributed by atoms with Crippen molar-refractivity contribution in [3.63, 3.8) is 0 Å². The highest BCUT2D eigenvalue weighted by atomic mass is 16.5. The van der Waals surface area contributed by atoms with E-state index in [9.17, 15) is 9.59 Å². The molecular formula is C14H16O6. The van der Waals surface area contributed by atoms with Crippen LogP contribution in [0.5, 0.6) is 11.5 Å². The second-order valence-electron chi connectivity index (χ2n) is 3.70. The minimum atomic E-state index is -1.35. The number of carboxylic acids is 1. The summed E-state index contributed by atoms with van der Waals surface area (Å²) in [4.78, 5) is 22.6. The summed E-state index contributed by atoms with van der Waals surface area (Å²) >= 11 is 0. The molecule has 0 saturated carbocycles. The Kier molecular flexibility index (Phi) is 5.58. The Balaban J connectivity index is 3.17. The molecule has 0 saturated heterocycles. The summed E-state index contributed by atoms with van der Waals surface area (Å²) in [6, 6.07) is 4.81. The van der Waals surface area contributed by atoms with Crippen molar-refractivity contribution in [2.24, 2.45) is 0 Å². The van der Waals surface area contributed by atoms with Crippen molar-refractivity contribution in [1.29, 1.82) is 0 Å². The molecule has 108 valence electrons. The molecule has 0 radical (unpaired) electrons. The van der Waals surface area contributed by atoms with Gasteiger partial charge in [-0.15, -0.1) is 0 Å². The van der Waals surface area contributed by atoms with E-state index in [0.29, 0.717) is 17.1 Å². The van der Waals surface area contributed by atoms with Gasteiger partial charge in [-0.1, -0.05) is 6.07 Å². The molecule has 0 aliphatic carbocycles. The summed E-state index contributed by atoms with van der Waals surface area (Å²) in [6.45, 7) is 1.71. The molecule has 1 rings (SSSR count). The number of carboxylic acid groups (broad SMARTS) is 1. The van der Waals surface area contributed by atoms with Gasteiger partial charge in [-0.3, -0.25) is 0 Å². The van der Waals surface area contributed by atoms with Crippen molar-refractivity contribution in [2.45, 2.75) is 6.92 Å². The van der Waals surface area contributed by atoms with Crippen LogP contribution in [0.1, 0.15) is 12.5 Å². The van der Waals surface area contributed by atoms with E-state index in [1.807, 2.05) is 0 Å². The second-order valence-corrected chi connectivity index (χ2v) is 3.70. The number of aliphatic carboxylic acids is 1. The Morgan fingerprint density at radius 2 is 1.85 bits per heavy atom. The van der Waals surface area contributed by atoms with Gasteiger partial charge in [0.2, 0.25) is 0 Å². The Morgan fingerprint density at radius 3 is 2.35 bits per heavy atom. The molecule has 0 aliphatic rings. The minimum Gasteiger partial charge on any atom is -0.493 e. The minimum absolute atomic E-state index is 0.107. The van der Waals surface area contributed by atoms with Crippen molar-refractivity contribution < 1.29 is 28.9 Å². The zero-order valence-electron chi connectivity index (χ0n) is 11.5. The predicted octanol–water partition coefficient (Wildman–Crippen LogP) is 1.73. The van der Waals surface area contributed by atoms with Crippen LogP contribution in [0.4, 0.5) is 0 Å². The van der Waals surface area contributed by atoms with Crippen LogP contribution in [0, 0.1) is 0 Å². The molecule has 0 spiro atoms. The van der Waals surface area contributed by atoms with Crippen LogP contribution in [0.25, 0.3) is 6.08 Å². The highest BCUT2D eigenvalue weighted by Crippen LogP contribution is 2.28. The van der Waals surface area contributed by atoms with Gasteiger partial charge >= 0.3 is 11.9 Å². The number of rotatable bonds is 6. The number of ether oxygens (including phenoxy) is 3. The summed E-state index contributed by atoms with van der Waals surface area (Å²) < 4.78 is 14.9. The van der Waals surface area contributed by atoms with Crippen LogP contribution in [0.15, 0.2) is 23.8 Å². The summed E-state index contributed by atoms with van der Waals surface area (Å²) in [6.07, 6.45) is 1.22. The molecule has 0 atom stereocenters. The van der Waals surface area contributed by atoms with Gasteiger partial charge < -0.3 is 19.3 Å². The van der Waals surface area contributed by atoms with Crippen molar-refractivity contribution >= 4 is 18.0 Å². The van der Waals surface area contributed by atoms with Crippen LogP contribution in [-0.4, -0.2) is 37.9 Å². The summed E-state index contributed by atoms with van der Waals surface area (Å²) in [5.74, 6) is -1.28. The predicted molar refractivity (Wildman–Crippen MR) is 71.8 cm³/mol. The SMILES string of the molecule is CCOC(=O)/C(=C\c1ccc(OC)c(OC)c1)C(=O)O. The van der Waals surface area contributed by atoms with Gasteiger partial charge in [0.1, 0.15) is 5.57 Å². The van der Waals surface area contributed by atoms with E-state index in [0.717, 1.165) is 0 Å². The average Bonchev–Trinajstić information content (AvgIpc) is 2.44. The lowest BCUT2D eigenvalue weighted by atomic mass is 10.1. The maximum atomic E-state index is 11.5. The molecule has 1 aromatic rings. The Morgan fingerprint density at radius 1 is 1.20 bits per heavy atom. The largest absolute Gasteiger partial charge is 0.493 e. The molecule has 1 aromatic carbocycles. The molecular weight excluding hydrogens is 264 g/mol. The average molecular weight is 280 g/mol. The molecule has 0 fully saturated rings. The number of hydrogen-bond donors (Lipinski definition) is 1. The first-order valence-corrected chi connectivity index (χ1v) is 5.87. The molecule has 0 unspecified atom stereocenters. The van der Waals surface area contributed by atoms with Crippen molar-refractivity contribution in [3.8, 4) is 11.5 Å². The van der Waals surface area contributed by atoms with Gasteiger partial charge in [-0.2, -0.15) is 0 Å². The van der Waals surface area contributed by atoms with Gasteiger partial charge in [0.15, 0.2) is 11.5 Å². The zero-order chi connectivity index (χ0) is 15.1.